The van der Waals surface area contributed by atoms with E-state index in [2.05, 4.69) is 25.2 Å². The van der Waals surface area contributed by atoms with Crippen molar-refractivity contribution in [2.75, 3.05) is 7.11 Å². The van der Waals surface area contributed by atoms with Gasteiger partial charge in [-0.25, -0.2) is 14.8 Å². The molecule has 3 aromatic rings. The van der Waals surface area contributed by atoms with Gasteiger partial charge in [0.2, 0.25) is 0 Å². The van der Waals surface area contributed by atoms with E-state index in [9.17, 15) is 14.4 Å². The Labute approximate surface area is 239 Å². The van der Waals surface area contributed by atoms with Gasteiger partial charge in [-0.3, -0.25) is 14.5 Å². The minimum atomic E-state index is -1.00. The molecule has 2 aromatic heterocycles. The molecule has 10 heteroatoms. The number of methoxy groups -OCH3 is 1. The number of nitrogens with zero attached hydrogens (tertiary/aromatic N) is 4. The lowest BCUT2D eigenvalue weighted by Gasteiger charge is -2.45. The van der Waals surface area contributed by atoms with E-state index in [1.807, 2.05) is 28.8 Å². The van der Waals surface area contributed by atoms with Crippen molar-refractivity contribution in [2.24, 2.45) is 0 Å². The monoisotopic (exact) mass is 560 g/mol. The molecular weight excluding hydrogens is 520 g/mol. The van der Waals surface area contributed by atoms with Gasteiger partial charge in [0.05, 0.1) is 30.2 Å². The van der Waals surface area contributed by atoms with E-state index in [1.165, 1.54) is 58.4 Å². The van der Waals surface area contributed by atoms with E-state index in [0.717, 1.165) is 31.2 Å². The third-order valence-electron chi connectivity index (χ3n) is 9.40. The fraction of sp³-hybridized carbons (Fsp3) is 0.581. The number of carbonyl (C=O) groups is 2. The third-order valence-corrected chi connectivity index (χ3v) is 9.40. The molecule has 2 bridgehead atoms. The van der Waals surface area contributed by atoms with E-state index in [1.54, 1.807) is 6.20 Å². The number of ether oxygens (including phenoxy) is 1. The summed E-state index contributed by atoms with van der Waals surface area (Å²) in [6.45, 7) is 0. The molecule has 1 unspecified atom stereocenters. The number of piperidine rings is 1. The maximum atomic E-state index is 14.1. The van der Waals surface area contributed by atoms with Crippen LogP contribution in [-0.2, 0) is 16.0 Å². The molecule has 4 heterocycles. The van der Waals surface area contributed by atoms with Gasteiger partial charge >= 0.3 is 5.97 Å². The van der Waals surface area contributed by atoms with E-state index in [0.29, 0.717) is 29.3 Å². The Bertz CT molecular complexity index is 1410. The van der Waals surface area contributed by atoms with Gasteiger partial charge in [-0.2, -0.15) is 0 Å². The van der Waals surface area contributed by atoms with Crippen LogP contribution in [0.1, 0.15) is 92.9 Å². The Morgan fingerprint density at radius 2 is 1.71 bits per heavy atom. The van der Waals surface area contributed by atoms with Crippen molar-refractivity contribution in [3.8, 4) is 0 Å². The minimum Gasteiger partial charge on any atom is -0.467 e. The fourth-order valence-electron chi connectivity index (χ4n) is 7.56. The van der Waals surface area contributed by atoms with Crippen LogP contribution < -0.4 is 10.9 Å². The van der Waals surface area contributed by atoms with Crippen molar-refractivity contribution in [1.29, 1.82) is 0 Å². The fourth-order valence-corrected chi connectivity index (χ4v) is 7.56. The molecule has 1 aromatic carbocycles. The molecule has 6 rings (SSSR count). The Hall–Kier alpha value is -3.53. The maximum Gasteiger partial charge on any atom is 0.328 e. The molecule has 2 aliphatic heterocycles. The van der Waals surface area contributed by atoms with Gasteiger partial charge in [-0.1, -0.05) is 44.2 Å². The smallest absolute Gasteiger partial charge is 0.328 e. The first kappa shape index (κ1) is 27.6. The molecule has 0 spiro atoms. The molecule has 1 amide bonds. The summed E-state index contributed by atoms with van der Waals surface area (Å²) in [6, 6.07) is 8.07. The number of hydrogen-bond acceptors (Lipinski definition) is 7. The van der Waals surface area contributed by atoms with Crippen LogP contribution in [0.5, 0.6) is 0 Å². The van der Waals surface area contributed by atoms with E-state index in [4.69, 9.17) is 4.74 Å². The summed E-state index contributed by atoms with van der Waals surface area (Å²) < 4.78 is 6.74. The second-order valence-electron chi connectivity index (χ2n) is 11.9. The number of esters is 1. The van der Waals surface area contributed by atoms with Crippen LogP contribution in [0.25, 0.3) is 11.0 Å². The first-order valence-corrected chi connectivity index (χ1v) is 15.2. The van der Waals surface area contributed by atoms with Crippen LogP contribution in [0.4, 0.5) is 0 Å². The summed E-state index contributed by atoms with van der Waals surface area (Å²) >= 11 is 0. The minimum absolute atomic E-state index is 0.00952. The van der Waals surface area contributed by atoms with Crippen LogP contribution in [0, 0.1) is 0 Å². The van der Waals surface area contributed by atoms with Crippen molar-refractivity contribution in [3.63, 3.8) is 0 Å². The van der Waals surface area contributed by atoms with Gasteiger partial charge in [0.1, 0.15) is 6.04 Å². The lowest BCUT2D eigenvalue weighted by atomic mass is 9.89. The highest BCUT2D eigenvalue weighted by Crippen LogP contribution is 2.44. The zero-order valence-corrected chi connectivity index (χ0v) is 23.8. The first-order valence-electron chi connectivity index (χ1n) is 15.2. The number of aromatic amines is 1. The van der Waals surface area contributed by atoms with Crippen LogP contribution >= 0.6 is 0 Å². The molecule has 2 saturated heterocycles. The molecule has 3 aliphatic rings. The predicted octanol–water partition coefficient (Wildman–Crippen LogP) is 3.91. The van der Waals surface area contributed by atoms with Gasteiger partial charge in [0, 0.05) is 36.8 Å². The lowest BCUT2D eigenvalue weighted by Crippen LogP contribution is -2.51. The predicted molar refractivity (Wildman–Crippen MR) is 155 cm³/mol. The number of imidazole rings is 1. The summed E-state index contributed by atoms with van der Waals surface area (Å²) in [7, 11) is 1.27. The molecule has 218 valence electrons. The summed E-state index contributed by atoms with van der Waals surface area (Å²) in [4.78, 5) is 54.4. The molecule has 10 nitrogen and oxygen atoms in total. The molecule has 0 radical (unpaired) electrons. The Balaban J connectivity index is 1.29. The lowest BCUT2D eigenvalue weighted by molar-refractivity contribution is -0.142. The summed E-state index contributed by atoms with van der Waals surface area (Å²) in [5.74, 6) is -1.30. The highest BCUT2D eigenvalue weighted by Gasteiger charge is 2.44. The largest absolute Gasteiger partial charge is 0.467 e. The number of benzene rings is 1. The van der Waals surface area contributed by atoms with Crippen LogP contribution in [0.2, 0.25) is 0 Å². The summed E-state index contributed by atoms with van der Waals surface area (Å²) in [6.07, 6.45) is 16.6. The second-order valence-corrected chi connectivity index (χ2v) is 11.9. The number of amides is 1. The highest BCUT2D eigenvalue weighted by molar-refractivity contribution is 5.96. The van der Waals surface area contributed by atoms with E-state index < -0.39 is 23.5 Å². The maximum absolute atomic E-state index is 14.1. The standard InChI is InChI=1S/C31H40N6O4/c1-41-31(40)26(15-20-18-32-19-33-20)35-29(38)28-30(39)37(27-12-8-7-11-25(27)34-28)24-16-22-13-14-23(17-24)36(22)21-9-5-3-2-4-6-10-21/h7-8,11-12,18-19,21-24,26H,2-6,9-10,13-17H2,1H3,(H,32,33)(H,35,38)/t22-,23+,24+,26?. The topological polar surface area (TPSA) is 122 Å². The van der Waals surface area contributed by atoms with Gasteiger partial charge in [-0.05, 0) is 50.7 Å². The average Bonchev–Trinajstić information content (AvgIpc) is 3.56. The Kier molecular flexibility index (Phi) is 8.18. The molecule has 2 N–H and O–H groups in total. The van der Waals surface area contributed by atoms with Crippen molar-refractivity contribution >= 4 is 22.9 Å². The number of fused-ring (bicyclic) bond motifs is 3. The molecular formula is C31H40N6O4. The van der Waals surface area contributed by atoms with Crippen molar-refractivity contribution in [1.82, 2.24) is 29.7 Å². The second kappa shape index (κ2) is 12.1. The van der Waals surface area contributed by atoms with Crippen molar-refractivity contribution in [2.45, 2.75) is 107 Å². The quantitative estimate of drug-likeness (QED) is 0.420. The number of H-pyrrole nitrogens is 1. The number of carbonyl (C=O) groups excluding carboxylic acids is 2. The van der Waals surface area contributed by atoms with Gasteiger partial charge in [0.15, 0.2) is 5.69 Å². The van der Waals surface area contributed by atoms with Gasteiger partial charge in [0.25, 0.3) is 11.5 Å². The molecule has 4 atom stereocenters. The number of para-hydroxylation sites is 2. The van der Waals surface area contributed by atoms with Crippen LogP contribution in [0.15, 0.2) is 41.6 Å². The van der Waals surface area contributed by atoms with Gasteiger partial charge in [-0.15, -0.1) is 0 Å². The number of aromatic nitrogens is 4. The number of rotatable bonds is 7. The third kappa shape index (κ3) is 5.66. The van der Waals surface area contributed by atoms with Crippen LogP contribution in [0.3, 0.4) is 0 Å². The normalized spacial score (nSPS) is 24.5. The van der Waals surface area contributed by atoms with Crippen molar-refractivity contribution < 1.29 is 14.3 Å². The SMILES string of the molecule is COC(=O)C(Cc1c[nH]cn1)NC(=O)c1nc2ccccc2n([C@H]2C[C@H]3CC[C@@H](C2)N3C2CCCCCCC2)c1=O. The Morgan fingerprint density at radius 1 is 1.00 bits per heavy atom. The van der Waals surface area contributed by atoms with Crippen molar-refractivity contribution in [3.05, 3.63) is 58.5 Å². The van der Waals surface area contributed by atoms with Crippen LogP contribution in [-0.4, -0.2) is 67.6 Å². The number of nitrogens with one attached hydrogen (secondary N) is 2. The molecule has 1 saturated carbocycles. The van der Waals surface area contributed by atoms with E-state index in [-0.39, 0.29) is 18.2 Å². The molecule has 1 aliphatic carbocycles. The zero-order valence-electron chi connectivity index (χ0n) is 23.8. The van der Waals surface area contributed by atoms with E-state index >= 15 is 0 Å². The highest BCUT2D eigenvalue weighted by atomic mass is 16.5. The zero-order chi connectivity index (χ0) is 28.3. The Morgan fingerprint density at radius 3 is 2.39 bits per heavy atom. The number of hydrogen-bond donors (Lipinski definition) is 2. The van der Waals surface area contributed by atoms with Gasteiger partial charge < -0.3 is 19.6 Å². The summed E-state index contributed by atoms with van der Waals surface area (Å²) in [5.41, 5.74) is 1.33. The summed E-state index contributed by atoms with van der Waals surface area (Å²) in [5, 5.41) is 2.70. The molecule has 41 heavy (non-hydrogen) atoms. The first-order chi connectivity index (χ1) is 20.0. The average molecular weight is 561 g/mol. The molecule has 3 fully saturated rings.